The topological polar surface area (TPSA) is 49.3 Å². The van der Waals surface area contributed by atoms with Crippen molar-refractivity contribution in [2.45, 2.75) is 32.9 Å². The van der Waals surface area contributed by atoms with Gasteiger partial charge in [-0.05, 0) is 12.0 Å². The molecule has 1 aromatic carbocycles. The van der Waals surface area contributed by atoms with Crippen LogP contribution in [0.5, 0.6) is 0 Å². The van der Waals surface area contributed by atoms with Gasteiger partial charge in [-0.15, -0.1) is 35.3 Å². The first-order valence-corrected chi connectivity index (χ1v) is 8.10. The molecule has 0 unspecified atom stereocenters. The van der Waals surface area contributed by atoms with Gasteiger partial charge in [0.05, 0.1) is 12.2 Å². The van der Waals surface area contributed by atoms with Crippen molar-refractivity contribution >= 4 is 41.3 Å². The summed E-state index contributed by atoms with van der Waals surface area (Å²) in [5, 5.41) is 9.39. The van der Waals surface area contributed by atoms with Crippen LogP contribution >= 0.6 is 35.3 Å². The van der Waals surface area contributed by atoms with Crippen molar-refractivity contribution in [3.05, 3.63) is 51.7 Å². The van der Waals surface area contributed by atoms with Crippen molar-refractivity contribution in [2.24, 2.45) is 4.99 Å². The molecule has 4 nitrogen and oxygen atoms in total. The van der Waals surface area contributed by atoms with Crippen LogP contribution in [0.3, 0.4) is 0 Å². The standard InChI is InChI=1S/C16H21FN4S.HI/c1-11(2)14-10-22-15(21-14)9-20-16(18-3)19-8-12-6-4-5-7-13(12)17;/h4-7,10-11H,8-9H2,1-3H3,(H2,18,19,20);1H. The van der Waals surface area contributed by atoms with Gasteiger partial charge in [0.1, 0.15) is 10.8 Å². The second kappa shape index (κ2) is 9.82. The lowest BCUT2D eigenvalue weighted by molar-refractivity contribution is 0.604. The summed E-state index contributed by atoms with van der Waals surface area (Å²) in [4.78, 5) is 8.70. The largest absolute Gasteiger partial charge is 0.352 e. The Balaban J connectivity index is 0.00000264. The van der Waals surface area contributed by atoms with Crippen LogP contribution in [0.15, 0.2) is 34.6 Å². The molecule has 0 saturated carbocycles. The predicted octanol–water partition coefficient (Wildman–Crippen LogP) is 3.89. The minimum atomic E-state index is -0.216. The van der Waals surface area contributed by atoms with Gasteiger partial charge >= 0.3 is 0 Å². The van der Waals surface area contributed by atoms with Crippen LogP contribution in [0.1, 0.15) is 36.0 Å². The summed E-state index contributed by atoms with van der Waals surface area (Å²) in [6.07, 6.45) is 0. The first-order chi connectivity index (χ1) is 10.6. The Morgan fingerprint density at radius 2 is 1.96 bits per heavy atom. The fourth-order valence-corrected chi connectivity index (χ4v) is 2.77. The second-order valence-corrected chi connectivity index (χ2v) is 6.13. The van der Waals surface area contributed by atoms with E-state index in [-0.39, 0.29) is 29.8 Å². The first kappa shape index (κ1) is 19.8. The molecular weight excluding hydrogens is 426 g/mol. The second-order valence-electron chi connectivity index (χ2n) is 5.19. The van der Waals surface area contributed by atoms with E-state index in [1.165, 1.54) is 6.07 Å². The summed E-state index contributed by atoms with van der Waals surface area (Å²) in [6.45, 7) is 5.25. The zero-order valence-electron chi connectivity index (χ0n) is 13.5. The Bertz CT molecular complexity index is 643. The highest BCUT2D eigenvalue weighted by atomic mass is 127. The third kappa shape index (κ3) is 6.06. The molecule has 2 N–H and O–H groups in total. The Labute approximate surface area is 157 Å². The van der Waals surface area contributed by atoms with Gasteiger partial charge in [0.2, 0.25) is 0 Å². The van der Waals surface area contributed by atoms with E-state index in [9.17, 15) is 4.39 Å². The summed E-state index contributed by atoms with van der Waals surface area (Å²) in [6, 6.07) is 6.71. The normalized spacial score (nSPS) is 11.3. The predicted molar refractivity (Wildman–Crippen MR) is 105 cm³/mol. The lowest BCUT2D eigenvalue weighted by Gasteiger charge is -2.11. The maximum Gasteiger partial charge on any atom is 0.191 e. The molecule has 0 aliphatic carbocycles. The molecule has 0 atom stereocenters. The molecule has 1 heterocycles. The highest BCUT2D eigenvalue weighted by molar-refractivity contribution is 14.0. The van der Waals surface area contributed by atoms with E-state index < -0.39 is 0 Å². The molecule has 0 amide bonds. The molecule has 126 valence electrons. The van der Waals surface area contributed by atoms with Crippen LogP contribution in [-0.4, -0.2) is 18.0 Å². The van der Waals surface area contributed by atoms with Crippen LogP contribution in [-0.2, 0) is 13.1 Å². The van der Waals surface area contributed by atoms with E-state index in [0.717, 1.165) is 10.7 Å². The summed E-state index contributed by atoms with van der Waals surface area (Å²) in [5.74, 6) is 0.847. The van der Waals surface area contributed by atoms with E-state index in [2.05, 4.69) is 39.8 Å². The average molecular weight is 448 g/mol. The fraction of sp³-hybridized carbons (Fsp3) is 0.375. The highest BCUT2D eigenvalue weighted by Gasteiger charge is 2.07. The number of hydrogen-bond acceptors (Lipinski definition) is 3. The summed E-state index contributed by atoms with van der Waals surface area (Å²) in [7, 11) is 1.69. The molecule has 7 heteroatoms. The molecule has 23 heavy (non-hydrogen) atoms. The van der Waals surface area contributed by atoms with Gasteiger partial charge in [0.25, 0.3) is 0 Å². The van der Waals surface area contributed by atoms with Gasteiger partial charge in [0.15, 0.2) is 5.96 Å². The maximum absolute atomic E-state index is 13.6. The van der Waals surface area contributed by atoms with Gasteiger partial charge in [-0.2, -0.15) is 0 Å². The van der Waals surface area contributed by atoms with Gasteiger partial charge in [0, 0.05) is 24.5 Å². The lowest BCUT2D eigenvalue weighted by Crippen LogP contribution is -2.36. The fourth-order valence-electron chi connectivity index (χ4n) is 1.87. The number of halogens is 2. The number of benzene rings is 1. The summed E-state index contributed by atoms with van der Waals surface area (Å²) < 4.78 is 13.6. The van der Waals surface area contributed by atoms with Gasteiger partial charge in [-0.3, -0.25) is 4.99 Å². The number of aromatic nitrogens is 1. The zero-order chi connectivity index (χ0) is 15.9. The number of rotatable bonds is 5. The van der Waals surface area contributed by atoms with Gasteiger partial charge < -0.3 is 10.6 Å². The maximum atomic E-state index is 13.6. The molecule has 0 fully saturated rings. The molecule has 2 aromatic rings. The molecule has 1 aromatic heterocycles. The van der Waals surface area contributed by atoms with Crippen molar-refractivity contribution in [3.8, 4) is 0 Å². The number of aliphatic imine (C=N–C) groups is 1. The molecule has 0 spiro atoms. The van der Waals surface area contributed by atoms with Crippen LogP contribution in [0.4, 0.5) is 4.39 Å². The van der Waals surface area contributed by atoms with Crippen molar-refractivity contribution < 1.29 is 4.39 Å². The number of thiazole rings is 1. The van der Waals surface area contributed by atoms with Crippen LogP contribution in [0.25, 0.3) is 0 Å². The van der Waals surface area contributed by atoms with E-state index >= 15 is 0 Å². The van der Waals surface area contributed by atoms with Crippen LogP contribution in [0, 0.1) is 5.82 Å². The monoisotopic (exact) mass is 448 g/mol. The molecule has 0 bridgehead atoms. The summed E-state index contributed by atoms with van der Waals surface area (Å²) in [5.41, 5.74) is 1.72. The van der Waals surface area contributed by atoms with E-state index in [1.54, 1.807) is 30.5 Å². The van der Waals surface area contributed by atoms with Crippen molar-refractivity contribution in [2.75, 3.05) is 7.05 Å². The SMILES string of the molecule is CN=C(NCc1nc(C(C)C)cs1)NCc1ccccc1F.I. The molecule has 0 aliphatic heterocycles. The van der Waals surface area contributed by atoms with E-state index in [4.69, 9.17) is 0 Å². The minimum Gasteiger partial charge on any atom is -0.352 e. The number of hydrogen-bond donors (Lipinski definition) is 2. The van der Waals surface area contributed by atoms with E-state index in [1.807, 2.05) is 6.07 Å². The van der Waals surface area contributed by atoms with Gasteiger partial charge in [-0.1, -0.05) is 32.0 Å². The van der Waals surface area contributed by atoms with Gasteiger partial charge in [-0.25, -0.2) is 9.37 Å². The smallest absolute Gasteiger partial charge is 0.191 e. The number of guanidine groups is 1. The Kier molecular flexibility index (Phi) is 8.46. The Morgan fingerprint density at radius 3 is 2.57 bits per heavy atom. The molecule has 2 rings (SSSR count). The Hall–Kier alpha value is -1.22. The van der Waals surface area contributed by atoms with E-state index in [0.29, 0.717) is 30.5 Å². The van der Waals surface area contributed by atoms with Crippen LogP contribution in [0.2, 0.25) is 0 Å². The molecule has 0 aliphatic rings. The lowest BCUT2D eigenvalue weighted by atomic mass is 10.2. The molecular formula is C16H22FIN4S. The zero-order valence-corrected chi connectivity index (χ0v) is 16.6. The number of nitrogens with one attached hydrogen (secondary N) is 2. The van der Waals surface area contributed by atoms with Crippen LogP contribution < -0.4 is 10.6 Å². The summed E-state index contributed by atoms with van der Waals surface area (Å²) >= 11 is 1.63. The Morgan fingerprint density at radius 1 is 1.26 bits per heavy atom. The number of nitrogens with zero attached hydrogens (tertiary/aromatic N) is 2. The third-order valence-electron chi connectivity index (χ3n) is 3.20. The third-order valence-corrected chi connectivity index (χ3v) is 4.06. The minimum absolute atomic E-state index is 0. The molecule has 0 saturated heterocycles. The van der Waals surface area contributed by atoms with Crippen molar-refractivity contribution in [3.63, 3.8) is 0 Å². The highest BCUT2D eigenvalue weighted by Crippen LogP contribution is 2.17. The first-order valence-electron chi connectivity index (χ1n) is 7.22. The average Bonchev–Trinajstić information content (AvgIpc) is 2.98. The molecule has 0 radical (unpaired) electrons. The van der Waals surface area contributed by atoms with Crippen molar-refractivity contribution in [1.29, 1.82) is 0 Å². The van der Waals surface area contributed by atoms with Crippen molar-refractivity contribution in [1.82, 2.24) is 15.6 Å². The quantitative estimate of drug-likeness (QED) is 0.415.